The summed E-state index contributed by atoms with van der Waals surface area (Å²) in [5, 5.41) is 3.39. The van der Waals surface area contributed by atoms with Crippen LogP contribution in [0.15, 0.2) is 28.9 Å². The van der Waals surface area contributed by atoms with Gasteiger partial charge in [0.15, 0.2) is 0 Å². The maximum Gasteiger partial charge on any atom is 0.105 e. The van der Waals surface area contributed by atoms with E-state index >= 15 is 0 Å². The summed E-state index contributed by atoms with van der Waals surface area (Å²) in [6.07, 6.45) is 2.45. The van der Waals surface area contributed by atoms with E-state index in [1.807, 2.05) is 18.2 Å². The lowest BCUT2D eigenvalue weighted by Crippen LogP contribution is -2.22. The Labute approximate surface area is 115 Å². The molecular formula is C12H13Cl2NOS. The molecule has 2 rings (SSSR count). The van der Waals surface area contributed by atoms with Gasteiger partial charge in [-0.05, 0) is 24.7 Å². The molecule has 0 aliphatic heterocycles. The van der Waals surface area contributed by atoms with Crippen molar-refractivity contribution in [1.29, 1.82) is 0 Å². The van der Waals surface area contributed by atoms with Crippen LogP contribution in [0.25, 0.3) is 0 Å². The highest BCUT2D eigenvalue weighted by atomic mass is 35.5. The van der Waals surface area contributed by atoms with E-state index < -0.39 is 0 Å². The average Bonchev–Trinajstić information content (AvgIpc) is 2.88. The number of nitrogens with one attached hydrogen (secondary N) is 1. The first-order valence-corrected chi connectivity index (χ1v) is 6.98. The maximum atomic E-state index is 6.18. The molecule has 0 fully saturated rings. The molecule has 0 amide bonds. The summed E-state index contributed by atoms with van der Waals surface area (Å²) in [4.78, 5) is 0. The average molecular weight is 290 g/mol. The van der Waals surface area contributed by atoms with Gasteiger partial charge in [-0.3, -0.25) is 0 Å². The molecule has 0 aliphatic carbocycles. The first-order valence-electron chi connectivity index (χ1n) is 5.41. The summed E-state index contributed by atoms with van der Waals surface area (Å²) in [6.45, 7) is 2.94. The van der Waals surface area contributed by atoms with Gasteiger partial charge in [-0.25, -0.2) is 0 Å². The number of hydrogen-bond donors (Lipinski definition) is 1. The van der Waals surface area contributed by atoms with Gasteiger partial charge in [-0.2, -0.15) is 0 Å². The number of furan rings is 1. The zero-order valence-corrected chi connectivity index (χ0v) is 11.7. The van der Waals surface area contributed by atoms with Gasteiger partial charge in [0.05, 0.1) is 14.9 Å². The van der Waals surface area contributed by atoms with Crippen LogP contribution in [-0.4, -0.2) is 6.54 Å². The molecule has 2 heterocycles. The Morgan fingerprint density at radius 3 is 2.82 bits per heavy atom. The first kappa shape index (κ1) is 13.0. The summed E-state index contributed by atoms with van der Waals surface area (Å²) in [7, 11) is 0. The zero-order valence-electron chi connectivity index (χ0n) is 9.37. The van der Waals surface area contributed by atoms with Crippen LogP contribution in [0.3, 0.4) is 0 Å². The highest BCUT2D eigenvalue weighted by Crippen LogP contribution is 2.36. The van der Waals surface area contributed by atoms with Crippen LogP contribution in [0, 0.1) is 0 Å². The van der Waals surface area contributed by atoms with Crippen LogP contribution in [0.2, 0.25) is 8.67 Å². The number of rotatable bonds is 5. The second kappa shape index (κ2) is 5.91. The van der Waals surface area contributed by atoms with Crippen LogP contribution >= 0.6 is 34.5 Å². The molecule has 0 bridgehead atoms. The minimum atomic E-state index is 0.141. The summed E-state index contributed by atoms with van der Waals surface area (Å²) < 4.78 is 6.82. The third kappa shape index (κ3) is 3.26. The van der Waals surface area contributed by atoms with Gasteiger partial charge in [-0.1, -0.05) is 30.1 Å². The Morgan fingerprint density at radius 1 is 1.47 bits per heavy atom. The molecule has 17 heavy (non-hydrogen) atoms. The molecule has 0 aromatic carbocycles. The highest BCUT2D eigenvalue weighted by molar-refractivity contribution is 7.20. The fourth-order valence-corrected chi connectivity index (χ4v) is 3.34. The third-order valence-electron chi connectivity index (χ3n) is 2.49. The number of hydrogen-bond acceptors (Lipinski definition) is 3. The molecule has 92 valence electrons. The molecule has 2 nitrogen and oxygen atoms in total. The lowest BCUT2D eigenvalue weighted by atomic mass is 10.1. The second-order valence-corrected chi connectivity index (χ2v) is 5.96. The molecule has 0 saturated heterocycles. The van der Waals surface area contributed by atoms with E-state index in [-0.39, 0.29) is 6.04 Å². The monoisotopic (exact) mass is 289 g/mol. The van der Waals surface area contributed by atoms with E-state index in [2.05, 4.69) is 12.2 Å². The van der Waals surface area contributed by atoms with E-state index in [0.29, 0.717) is 4.34 Å². The third-order valence-corrected chi connectivity index (χ3v) is 4.01. The van der Waals surface area contributed by atoms with Crippen molar-refractivity contribution in [3.63, 3.8) is 0 Å². The Hall–Kier alpha value is -0.480. The molecule has 0 aliphatic rings. The van der Waals surface area contributed by atoms with E-state index in [1.165, 1.54) is 11.3 Å². The first-order chi connectivity index (χ1) is 8.20. The molecule has 2 aromatic rings. The largest absolute Gasteiger partial charge is 0.469 e. The SMILES string of the molecule is CCNC(Cc1ccco1)c1cc(Cl)sc1Cl. The van der Waals surface area contributed by atoms with Gasteiger partial charge in [0.1, 0.15) is 5.76 Å². The van der Waals surface area contributed by atoms with Crippen molar-refractivity contribution < 1.29 is 4.42 Å². The van der Waals surface area contributed by atoms with E-state index in [0.717, 1.165) is 28.6 Å². The number of likely N-dealkylation sites (N-methyl/N-ethyl adjacent to an activating group) is 1. The van der Waals surface area contributed by atoms with Crippen LogP contribution in [-0.2, 0) is 6.42 Å². The molecule has 2 aromatic heterocycles. The van der Waals surface area contributed by atoms with Gasteiger partial charge in [-0.15, -0.1) is 11.3 Å². The lowest BCUT2D eigenvalue weighted by Gasteiger charge is -2.16. The van der Waals surface area contributed by atoms with Crippen LogP contribution < -0.4 is 5.32 Å². The summed E-state index contributed by atoms with van der Waals surface area (Å²) >= 11 is 13.6. The van der Waals surface area contributed by atoms with Crippen molar-refractivity contribution in [2.75, 3.05) is 6.54 Å². The predicted octanol–water partition coefficient (Wildman–Crippen LogP) is 4.54. The Kier molecular flexibility index (Phi) is 4.51. The molecule has 0 saturated carbocycles. The fraction of sp³-hybridized carbons (Fsp3) is 0.333. The smallest absolute Gasteiger partial charge is 0.105 e. The van der Waals surface area contributed by atoms with Gasteiger partial charge in [0.2, 0.25) is 0 Å². The second-order valence-electron chi connectivity index (χ2n) is 3.67. The van der Waals surface area contributed by atoms with Crippen LogP contribution in [0.1, 0.15) is 24.3 Å². The van der Waals surface area contributed by atoms with Gasteiger partial charge in [0.25, 0.3) is 0 Å². The standard InChI is InChI=1S/C12H13Cl2NOS/c1-2-15-10(6-8-4-3-5-16-8)9-7-11(13)17-12(9)14/h3-5,7,10,15H,2,6H2,1H3. The quantitative estimate of drug-likeness (QED) is 0.874. The minimum absolute atomic E-state index is 0.141. The van der Waals surface area contributed by atoms with E-state index in [1.54, 1.807) is 6.26 Å². The van der Waals surface area contributed by atoms with E-state index in [9.17, 15) is 0 Å². The van der Waals surface area contributed by atoms with Crippen LogP contribution in [0.5, 0.6) is 0 Å². The zero-order chi connectivity index (χ0) is 12.3. The Morgan fingerprint density at radius 2 is 2.29 bits per heavy atom. The van der Waals surface area contributed by atoms with Crippen molar-refractivity contribution in [2.24, 2.45) is 0 Å². The highest BCUT2D eigenvalue weighted by Gasteiger charge is 2.18. The van der Waals surface area contributed by atoms with Crippen molar-refractivity contribution in [3.05, 3.63) is 44.5 Å². The molecule has 0 radical (unpaired) electrons. The summed E-state index contributed by atoms with van der Waals surface area (Å²) in [5.41, 5.74) is 1.04. The van der Waals surface area contributed by atoms with Crippen molar-refractivity contribution >= 4 is 34.5 Å². The molecule has 0 spiro atoms. The fourth-order valence-electron chi connectivity index (χ4n) is 1.76. The van der Waals surface area contributed by atoms with Gasteiger partial charge >= 0.3 is 0 Å². The Balaban J connectivity index is 2.19. The summed E-state index contributed by atoms with van der Waals surface area (Å²) in [5.74, 6) is 0.939. The maximum absolute atomic E-state index is 6.18. The molecular weight excluding hydrogens is 277 g/mol. The number of halogens is 2. The molecule has 5 heteroatoms. The van der Waals surface area contributed by atoms with Crippen LogP contribution in [0.4, 0.5) is 0 Å². The lowest BCUT2D eigenvalue weighted by molar-refractivity contribution is 0.455. The van der Waals surface area contributed by atoms with Crippen molar-refractivity contribution in [1.82, 2.24) is 5.32 Å². The topological polar surface area (TPSA) is 25.2 Å². The molecule has 1 unspecified atom stereocenters. The van der Waals surface area contributed by atoms with E-state index in [4.69, 9.17) is 27.6 Å². The number of thiophene rings is 1. The van der Waals surface area contributed by atoms with Gasteiger partial charge in [0, 0.05) is 18.0 Å². The summed E-state index contributed by atoms with van der Waals surface area (Å²) in [6, 6.07) is 5.92. The minimum Gasteiger partial charge on any atom is -0.469 e. The molecule has 1 N–H and O–H groups in total. The molecule has 1 atom stereocenters. The van der Waals surface area contributed by atoms with Gasteiger partial charge < -0.3 is 9.73 Å². The Bertz CT molecular complexity index is 467. The van der Waals surface area contributed by atoms with Crippen molar-refractivity contribution in [3.8, 4) is 0 Å². The normalized spacial score (nSPS) is 12.9. The van der Waals surface area contributed by atoms with Crippen molar-refractivity contribution in [2.45, 2.75) is 19.4 Å². The predicted molar refractivity (Wildman–Crippen MR) is 73.2 cm³/mol.